The zero-order chi connectivity index (χ0) is 19.1. The zero-order valence-electron chi connectivity index (χ0n) is 14.2. The lowest BCUT2D eigenvalue weighted by Gasteiger charge is -2.01. The Balaban J connectivity index is 1.55. The number of hydrogen-bond donors (Lipinski definition) is 2. The minimum atomic E-state index is -0.911. The van der Waals surface area contributed by atoms with Gasteiger partial charge in [-0.05, 0) is 17.7 Å². The van der Waals surface area contributed by atoms with Gasteiger partial charge in [0.15, 0.2) is 0 Å². The summed E-state index contributed by atoms with van der Waals surface area (Å²) in [7, 11) is 1.55. The Kier molecular flexibility index (Phi) is 5.85. The highest BCUT2D eigenvalue weighted by atomic mass is 32.1. The second-order valence-corrected chi connectivity index (χ2v) is 6.19. The van der Waals surface area contributed by atoms with Crippen LogP contribution in [0.4, 0.5) is 5.13 Å². The molecule has 27 heavy (non-hydrogen) atoms. The molecule has 3 rings (SSSR count). The number of nitrogens with zero attached hydrogens (tertiary/aromatic N) is 3. The summed E-state index contributed by atoms with van der Waals surface area (Å²) in [4.78, 5) is 23.8. The Bertz CT molecular complexity index is 972. The van der Waals surface area contributed by atoms with E-state index in [9.17, 15) is 9.59 Å². The molecule has 2 N–H and O–H groups in total. The van der Waals surface area contributed by atoms with Crippen molar-refractivity contribution in [2.45, 2.75) is 0 Å². The third-order valence-electron chi connectivity index (χ3n) is 3.35. The number of amides is 2. The molecule has 2 amide bonds. The van der Waals surface area contributed by atoms with Crippen LogP contribution in [-0.2, 0) is 9.59 Å². The molecule has 0 spiro atoms. The molecule has 0 radical (unpaired) electrons. The van der Waals surface area contributed by atoms with E-state index in [4.69, 9.17) is 4.74 Å². The number of carbonyl (C=O) groups is 2. The summed E-state index contributed by atoms with van der Waals surface area (Å²) in [6, 6.07) is 16.5. The Hall–Kier alpha value is -3.59. The van der Waals surface area contributed by atoms with E-state index in [1.165, 1.54) is 17.6 Å². The van der Waals surface area contributed by atoms with Crippen molar-refractivity contribution in [2.24, 2.45) is 5.10 Å². The van der Waals surface area contributed by atoms with Gasteiger partial charge in [-0.3, -0.25) is 14.9 Å². The largest absolute Gasteiger partial charge is 0.497 e. The summed E-state index contributed by atoms with van der Waals surface area (Å²) >= 11 is 1.17. The van der Waals surface area contributed by atoms with Crippen molar-refractivity contribution < 1.29 is 14.3 Å². The second-order valence-electron chi connectivity index (χ2n) is 5.21. The lowest BCUT2D eigenvalue weighted by Crippen LogP contribution is -2.32. The van der Waals surface area contributed by atoms with Crippen LogP contribution < -0.4 is 15.5 Å². The van der Waals surface area contributed by atoms with Gasteiger partial charge in [-0.15, -0.1) is 10.2 Å². The number of benzene rings is 2. The molecule has 0 atom stereocenters. The first-order valence-corrected chi connectivity index (χ1v) is 8.65. The fourth-order valence-corrected chi connectivity index (χ4v) is 2.81. The Labute approximate surface area is 158 Å². The molecule has 0 aliphatic heterocycles. The third kappa shape index (κ3) is 4.95. The van der Waals surface area contributed by atoms with Gasteiger partial charge < -0.3 is 4.74 Å². The molecular weight excluding hydrogens is 366 g/mol. The highest BCUT2D eigenvalue weighted by Gasteiger charge is 2.16. The maximum atomic E-state index is 11.9. The lowest BCUT2D eigenvalue weighted by atomic mass is 10.2. The topological polar surface area (TPSA) is 106 Å². The number of nitrogens with one attached hydrogen (secondary N) is 2. The second kappa shape index (κ2) is 8.68. The van der Waals surface area contributed by atoms with E-state index >= 15 is 0 Å². The van der Waals surface area contributed by atoms with Crippen molar-refractivity contribution in [3.05, 3.63) is 60.2 Å². The molecule has 1 aromatic heterocycles. The number of hydrazone groups is 1. The SMILES string of the molecule is COc1cccc(C=NNC(=O)C(=O)Nc2nnc(-c3ccccc3)s2)c1. The summed E-state index contributed by atoms with van der Waals surface area (Å²) in [6.45, 7) is 0. The van der Waals surface area contributed by atoms with E-state index < -0.39 is 11.8 Å². The van der Waals surface area contributed by atoms with Crippen LogP contribution in [0.3, 0.4) is 0 Å². The molecule has 0 saturated heterocycles. The Morgan fingerprint density at radius 1 is 1.07 bits per heavy atom. The van der Waals surface area contributed by atoms with Crippen molar-refractivity contribution in [1.29, 1.82) is 0 Å². The van der Waals surface area contributed by atoms with Gasteiger partial charge in [0, 0.05) is 5.56 Å². The van der Waals surface area contributed by atoms with Gasteiger partial charge in [0.2, 0.25) is 5.13 Å². The zero-order valence-corrected chi connectivity index (χ0v) is 15.1. The van der Waals surface area contributed by atoms with Crippen molar-refractivity contribution in [3.63, 3.8) is 0 Å². The Morgan fingerprint density at radius 2 is 1.89 bits per heavy atom. The highest BCUT2D eigenvalue weighted by Crippen LogP contribution is 2.25. The number of aromatic nitrogens is 2. The standard InChI is InChI=1S/C18H15N5O3S/c1-26-14-9-5-6-12(10-14)11-19-21-16(25)15(24)20-18-23-22-17(27-18)13-7-3-2-4-8-13/h2-11H,1H3,(H,21,25)(H,20,23,24). The molecule has 9 heteroatoms. The summed E-state index contributed by atoms with van der Waals surface area (Å²) in [6.07, 6.45) is 1.41. The van der Waals surface area contributed by atoms with Crippen LogP contribution in [0, 0.1) is 0 Å². The smallest absolute Gasteiger partial charge is 0.329 e. The molecule has 0 saturated carbocycles. The number of ether oxygens (including phenoxy) is 1. The maximum absolute atomic E-state index is 11.9. The van der Waals surface area contributed by atoms with Crippen LogP contribution in [-0.4, -0.2) is 35.3 Å². The molecule has 0 bridgehead atoms. The quantitative estimate of drug-likeness (QED) is 0.401. The van der Waals surface area contributed by atoms with Crippen LogP contribution in [0.25, 0.3) is 10.6 Å². The van der Waals surface area contributed by atoms with Crippen molar-refractivity contribution in [3.8, 4) is 16.3 Å². The minimum Gasteiger partial charge on any atom is -0.497 e. The van der Waals surface area contributed by atoms with Crippen molar-refractivity contribution in [1.82, 2.24) is 15.6 Å². The lowest BCUT2D eigenvalue weighted by molar-refractivity contribution is -0.136. The van der Waals surface area contributed by atoms with Crippen molar-refractivity contribution >= 4 is 34.5 Å². The first kappa shape index (κ1) is 18.2. The summed E-state index contributed by atoms with van der Waals surface area (Å²) in [5.41, 5.74) is 3.75. The first-order valence-electron chi connectivity index (χ1n) is 7.83. The molecule has 1 heterocycles. The van der Waals surface area contributed by atoms with Crippen LogP contribution in [0.2, 0.25) is 0 Å². The van der Waals surface area contributed by atoms with Gasteiger partial charge in [0.25, 0.3) is 0 Å². The summed E-state index contributed by atoms with van der Waals surface area (Å²) < 4.78 is 5.10. The number of anilines is 1. The van der Waals surface area contributed by atoms with Gasteiger partial charge in [0.05, 0.1) is 13.3 Å². The Morgan fingerprint density at radius 3 is 2.67 bits per heavy atom. The summed E-state index contributed by atoms with van der Waals surface area (Å²) in [5.74, 6) is -1.13. The molecule has 0 fully saturated rings. The number of carbonyl (C=O) groups excluding carboxylic acids is 2. The molecule has 0 aliphatic rings. The fraction of sp³-hybridized carbons (Fsp3) is 0.0556. The highest BCUT2D eigenvalue weighted by molar-refractivity contribution is 7.18. The average Bonchev–Trinajstić information content (AvgIpc) is 3.17. The number of hydrogen-bond acceptors (Lipinski definition) is 7. The molecular formula is C18H15N5O3S. The molecule has 0 aliphatic carbocycles. The fourth-order valence-electron chi connectivity index (χ4n) is 2.06. The van der Waals surface area contributed by atoms with Gasteiger partial charge >= 0.3 is 11.8 Å². The monoisotopic (exact) mass is 381 g/mol. The van der Waals surface area contributed by atoms with Crippen LogP contribution in [0.1, 0.15) is 5.56 Å². The van der Waals surface area contributed by atoms with Gasteiger partial charge in [0.1, 0.15) is 10.8 Å². The van der Waals surface area contributed by atoms with E-state index in [0.717, 1.165) is 5.56 Å². The van der Waals surface area contributed by atoms with Crippen molar-refractivity contribution in [2.75, 3.05) is 12.4 Å². The average molecular weight is 381 g/mol. The molecule has 3 aromatic rings. The van der Waals surface area contributed by atoms with Crippen LogP contribution in [0.15, 0.2) is 59.7 Å². The van der Waals surface area contributed by atoms with E-state index in [-0.39, 0.29) is 5.13 Å². The normalized spacial score (nSPS) is 10.6. The predicted octanol–water partition coefficient (Wildman–Crippen LogP) is 2.30. The van der Waals surface area contributed by atoms with E-state index in [0.29, 0.717) is 16.3 Å². The third-order valence-corrected chi connectivity index (χ3v) is 4.23. The van der Waals surface area contributed by atoms with E-state index in [1.807, 2.05) is 30.3 Å². The van der Waals surface area contributed by atoms with E-state index in [2.05, 4.69) is 26.0 Å². The van der Waals surface area contributed by atoms with Gasteiger partial charge in [-0.2, -0.15) is 5.10 Å². The molecule has 136 valence electrons. The van der Waals surface area contributed by atoms with Crippen LogP contribution >= 0.6 is 11.3 Å². The molecule has 2 aromatic carbocycles. The van der Waals surface area contributed by atoms with Gasteiger partial charge in [-0.25, -0.2) is 5.43 Å². The number of methoxy groups -OCH3 is 1. The van der Waals surface area contributed by atoms with Crippen LogP contribution in [0.5, 0.6) is 5.75 Å². The molecule has 0 unspecified atom stereocenters. The van der Waals surface area contributed by atoms with Gasteiger partial charge in [-0.1, -0.05) is 53.8 Å². The summed E-state index contributed by atoms with van der Waals surface area (Å²) in [5, 5.41) is 14.9. The minimum absolute atomic E-state index is 0.228. The van der Waals surface area contributed by atoms with E-state index in [1.54, 1.807) is 31.4 Å². The molecule has 8 nitrogen and oxygen atoms in total. The first-order chi connectivity index (χ1) is 13.2. The predicted molar refractivity (Wildman–Crippen MR) is 103 cm³/mol. The number of rotatable bonds is 5. The maximum Gasteiger partial charge on any atom is 0.329 e.